The molecule has 7 heteroatoms. The molecule has 0 saturated heterocycles. The number of carbonyl (C=O) groups is 2. The normalized spacial score (nSPS) is 15.2. The maximum absolute atomic E-state index is 13.3. The van der Waals surface area contributed by atoms with Gasteiger partial charge in [0.15, 0.2) is 0 Å². The number of amides is 2. The Morgan fingerprint density at radius 2 is 1.78 bits per heavy atom. The van der Waals surface area contributed by atoms with Crippen LogP contribution >= 0.6 is 35.0 Å². The van der Waals surface area contributed by atoms with Crippen molar-refractivity contribution in [3.8, 4) is 0 Å². The summed E-state index contributed by atoms with van der Waals surface area (Å²) in [4.78, 5) is 28.9. The Balaban J connectivity index is 1.73. The second kappa shape index (κ2) is 12.0. The molecule has 0 aromatic heterocycles. The van der Waals surface area contributed by atoms with Crippen LogP contribution in [0.1, 0.15) is 50.2 Å². The van der Waals surface area contributed by atoms with E-state index in [1.165, 1.54) is 23.7 Å². The molecule has 0 unspecified atom stereocenters. The van der Waals surface area contributed by atoms with E-state index < -0.39 is 6.04 Å². The van der Waals surface area contributed by atoms with Gasteiger partial charge in [-0.05, 0) is 56.5 Å². The predicted molar refractivity (Wildman–Crippen MR) is 133 cm³/mol. The summed E-state index contributed by atoms with van der Waals surface area (Å²) in [5.41, 5.74) is 1.94. The summed E-state index contributed by atoms with van der Waals surface area (Å²) in [6.07, 6.45) is 5.49. The molecule has 1 saturated carbocycles. The lowest BCUT2D eigenvalue weighted by Crippen LogP contribution is -2.50. The van der Waals surface area contributed by atoms with Crippen molar-refractivity contribution in [3.05, 3.63) is 63.6 Å². The zero-order chi connectivity index (χ0) is 23.1. The number of benzene rings is 2. The molecular weight excluding hydrogens is 463 g/mol. The number of carbonyl (C=O) groups excluding carboxylic acids is 2. The topological polar surface area (TPSA) is 49.4 Å². The molecule has 1 fully saturated rings. The van der Waals surface area contributed by atoms with Crippen molar-refractivity contribution in [1.29, 1.82) is 0 Å². The van der Waals surface area contributed by atoms with Crippen LogP contribution in [0.4, 0.5) is 0 Å². The summed E-state index contributed by atoms with van der Waals surface area (Å²) < 4.78 is 0. The highest BCUT2D eigenvalue weighted by Gasteiger charge is 2.28. The number of aryl methyl sites for hydroxylation is 1. The van der Waals surface area contributed by atoms with Crippen molar-refractivity contribution in [1.82, 2.24) is 10.2 Å². The Morgan fingerprint density at radius 3 is 2.44 bits per heavy atom. The maximum Gasteiger partial charge on any atom is 0.242 e. The molecule has 3 rings (SSSR count). The molecule has 32 heavy (non-hydrogen) atoms. The Labute approximate surface area is 205 Å². The van der Waals surface area contributed by atoms with Crippen LogP contribution in [-0.2, 0) is 16.1 Å². The second-order valence-corrected chi connectivity index (χ2v) is 10.3. The van der Waals surface area contributed by atoms with Crippen molar-refractivity contribution in [2.45, 2.75) is 69.5 Å². The van der Waals surface area contributed by atoms with Gasteiger partial charge in [-0.15, -0.1) is 11.8 Å². The number of hydrogen-bond acceptors (Lipinski definition) is 3. The van der Waals surface area contributed by atoms with Gasteiger partial charge >= 0.3 is 0 Å². The second-order valence-electron chi connectivity index (χ2n) is 8.38. The predicted octanol–water partition coefficient (Wildman–Crippen LogP) is 6.26. The molecule has 1 aliphatic carbocycles. The largest absolute Gasteiger partial charge is 0.352 e. The fourth-order valence-corrected chi connectivity index (χ4v) is 5.10. The number of thioether (sulfide) groups is 1. The van der Waals surface area contributed by atoms with E-state index in [0.717, 1.165) is 36.1 Å². The van der Waals surface area contributed by atoms with E-state index in [0.29, 0.717) is 10.0 Å². The van der Waals surface area contributed by atoms with Gasteiger partial charge in [0.05, 0.1) is 5.75 Å². The van der Waals surface area contributed by atoms with Gasteiger partial charge in [-0.25, -0.2) is 0 Å². The van der Waals surface area contributed by atoms with E-state index in [1.54, 1.807) is 24.0 Å². The van der Waals surface area contributed by atoms with Gasteiger partial charge in [-0.1, -0.05) is 66.2 Å². The number of hydrogen-bond donors (Lipinski definition) is 1. The highest BCUT2D eigenvalue weighted by molar-refractivity contribution is 8.00. The summed E-state index contributed by atoms with van der Waals surface area (Å²) >= 11 is 13.9. The lowest BCUT2D eigenvalue weighted by Gasteiger charge is -2.31. The maximum atomic E-state index is 13.3. The quantitative estimate of drug-likeness (QED) is 0.442. The third-order valence-electron chi connectivity index (χ3n) is 5.86. The van der Waals surface area contributed by atoms with Crippen molar-refractivity contribution in [3.63, 3.8) is 0 Å². The molecule has 0 radical (unpaired) electrons. The van der Waals surface area contributed by atoms with Crippen LogP contribution in [-0.4, -0.2) is 34.6 Å². The molecule has 1 aliphatic rings. The monoisotopic (exact) mass is 492 g/mol. The van der Waals surface area contributed by atoms with E-state index >= 15 is 0 Å². The molecule has 4 nitrogen and oxygen atoms in total. The van der Waals surface area contributed by atoms with Crippen LogP contribution in [0.15, 0.2) is 47.4 Å². The van der Waals surface area contributed by atoms with Crippen LogP contribution in [0.3, 0.4) is 0 Å². The first kappa shape index (κ1) is 24.9. The fraction of sp³-hybridized carbons (Fsp3) is 0.440. The summed E-state index contributed by atoms with van der Waals surface area (Å²) in [5.74, 6) is 0.0264. The van der Waals surface area contributed by atoms with Crippen LogP contribution in [0.25, 0.3) is 0 Å². The zero-order valence-corrected chi connectivity index (χ0v) is 20.9. The lowest BCUT2D eigenvalue weighted by atomic mass is 9.95. The molecule has 0 spiro atoms. The Morgan fingerprint density at radius 1 is 1.09 bits per heavy atom. The molecule has 1 atom stereocenters. The smallest absolute Gasteiger partial charge is 0.242 e. The number of rotatable bonds is 8. The average molecular weight is 494 g/mol. The van der Waals surface area contributed by atoms with E-state index in [1.807, 2.05) is 37.3 Å². The zero-order valence-electron chi connectivity index (χ0n) is 18.6. The van der Waals surface area contributed by atoms with Crippen molar-refractivity contribution >= 4 is 46.8 Å². The van der Waals surface area contributed by atoms with E-state index in [-0.39, 0.29) is 30.2 Å². The minimum absolute atomic E-state index is 0.104. The standard InChI is InChI=1S/C25H30Cl2N2O2S/c1-17-8-12-22(13-9-17)32-16-24(30)29(15-19-10-11-20(26)14-23(19)27)18(2)25(31)28-21-6-4-3-5-7-21/h8-14,18,21H,3-7,15-16H2,1-2H3,(H,28,31)/t18-/m1/s1. The highest BCUT2D eigenvalue weighted by Crippen LogP contribution is 2.25. The van der Waals surface area contributed by atoms with Gasteiger partial charge in [-0.3, -0.25) is 9.59 Å². The fourth-order valence-electron chi connectivity index (χ4n) is 3.85. The molecule has 0 aliphatic heterocycles. The lowest BCUT2D eigenvalue weighted by molar-refractivity contribution is -0.139. The Hall–Kier alpha value is -1.69. The number of nitrogens with zero attached hydrogens (tertiary/aromatic N) is 1. The van der Waals surface area contributed by atoms with Crippen LogP contribution in [0.2, 0.25) is 10.0 Å². The van der Waals surface area contributed by atoms with Crippen molar-refractivity contribution in [2.75, 3.05) is 5.75 Å². The molecule has 1 N–H and O–H groups in total. The summed E-state index contributed by atoms with van der Waals surface area (Å²) in [5, 5.41) is 4.17. The summed E-state index contributed by atoms with van der Waals surface area (Å²) in [7, 11) is 0. The van der Waals surface area contributed by atoms with Gasteiger partial charge < -0.3 is 10.2 Å². The van der Waals surface area contributed by atoms with E-state index in [2.05, 4.69) is 5.32 Å². The highest BCUT2D eigenvalue weighted by atomic mass is 35.5. The summed E-state index contributed by atoms with van der Waals surface area (Å²) in [6.45, 7) is 4.07. The van der Waals surface area contributed by atoms with Crippen LogP contribution in [0.5, 0.6) is 0 Å². The van der Waals surface area contributed by atoms with Gasteiger partial charge in [0.2, 0.25) is 11.8 Å². The van der Waals surface area contributed by atoms with Crippen molar-refractivity contribution < 1.29 is 9.59 Å². The molecule has 2 amide bonds. The number of halogens is 2. The Kier molecular flexibility index (Phi) is 9.33. The van der Waals surface area contributed by atoms with E-state index in [4.69, 9.17) is 23.2 Å². The molecule has 2 aromatic rings. The SMILES string of the molecule is Cc1ccc(SCC(=O)N(Cc2ccc(Cl)cc2Cl)[C@H](C)C(=O)NC2CCCCC2)cc1. The third-order valence-corrected chi connectivity index (χ3v) is 7.44. The Bertz CT molecular complexity index is 930. The van der Waals surface area contributed by atoms with Gasteiger partial charge in [0.1, 0.15) is 6.04 Å². The molecule has 0 heterocycles. The molecule has 0 bridgehead atoms. The van der Waals surface area contributed by atoms with Crippen molar-refractivity contribution in [2.24, 2.45) is 0 Å². The van der Waals surface area contributed by atoms with E-state index in [9.17, 15) is 9.59 Å². The van der Waals surface area contributed by atoms with Crippen LogP contribution < -0.4 is 5.32 Å². The first-order chi connectivity index (χ1) is 15.3. The number of nitrogens with one attached hydrogen (secondary N) is 1. The first-order valence-electron chi connectivity index (χ1n) is 11.1. The summed E-state index contributed by atoms with van der Waals surface area (Å²) in [6, 6.07) is 12.9. The minimum Gasteiger partial charge on any atom is -0.352 e. The molecule has 2 aromatic carbocycles. The van der Waals surface area contributed by atoms with Gasteiger partial charge in [-0.2, -0.15) is 0 Å². The van der Waals surface area contributed by atoms with Gasteiger partial charge in [0.25, 0.3) is 0 Å². The van der Waals surface area contributed by atoms with Crippen LogP contribution in [0, 0.1) is 6.92 Å². The van der Waals surface area contributed by atoms with Gasteiger partial charge in [0, 0.05) is 27.5 Å². The average Bonchev–Trinajstić information content (AvgIpc) is 2.78. The minimum atomic E-state index is -0.602. The molecule has 172 valence electrons. The first-order valence-corrected chi connectivity index (χ1v) is 12.8. The molecular formula is C25H30Cl2N2O2S. The third kappa shape index (κ3) is 7.16.